The van der Waals surface area contributed by atoms with Crippen molar-refractivity contribution in [2.24, 2.45) is 10.9 Å². The molecular weight excluding hydrogens is 443 g/mol. The van der Waals surface area contributed by atoms with Crippen LogP contribution in [0.25, 0.3) is 0 Å². The van der Waals surface area contributed by atoms with E-state index in [2.05, 4.69) is 34.4 Å². The van der Waals surface area contributed by atoms with Gasteiger partial charge < -0.3 is 20.1 Å². The molecule has 2 fully saturated rings. The maximum absolute atomic E-state index is 5.74. The van der Waals surface area contributed by atoms with Gasteiger partial charge in [0, 0.05) is 51.4 Å². The Labute approximate surface area is 176 Å². The summed E-state index contributed by atoms with van der Waals surface area (Å²) in [6.07, 6.45) is 6.16. The first-order valence-corrected chi connectivity index (χ1v) is 10.1. The molecule has 6 nitrogen and oxygen atoms in total. The van der Waals surface area contributed by atoms with E-state index >= 15 is 0 Å². The van der Waals surface area contributed by atoms with Gasteiger partial charge in [0.05, 0.1) is 13.2 Å². The van der Waals surface area contributed by atoms with E-state index in [0.717, 1.165) is 58.3 Å². The summed E-state index contributed by atoms with van der Waals surface area (Å²) in [4.78, 5) is 6.94. The van der Waals surface area contributed by atoms with Crippen molar-refractivity contribution in [1.29, 1.82) is 0 Å². The van der Waals surface area contributed by atoms with E-state index in [4.69, 9.17) is 9.47 Å². The van der Waals surface area contributed by atoms with Gasteiger partial charge in [-0.15, -0.1) is 24.0 Å². The molecule has 2 N–H and O–H groups in total. The molecule has 2 aliphatic heterocycles. The molecular formula is C19H39IN4O2. The van der Waals surface area contributed by atoms with Gasteiger partial charge in [-0.2, -0.15) is 0 Å². The summed E-state index contributed by atoms with van der Waals surface area (Å²) in [7, 11) is 1.83. The Balaban J connectivity index is 0.00000338. The largest absolute Gasteiger partial charge is 0.381 e. The van der Waals surface area contributed by atoms with E-state index in [-0.39, 0.29) is 24.0 Å². The number of aliphatic imine (C=N–C) groups is 1. The van der Waals surface area contributed by atoms with Crippen LogP contribution >= 0.6 is 24.0 Å². The number of halogens is 1. The number of piperidine rings is 1. The molecule has 2 heterocycles. The molecule has 26 heavy (non-hydrogen) atoms. The Morgan fingerprint density at radius 1 is 1.31 bits per heavy atom. The van der Waals surface area contributed by atoms with Crippen LogP contribution in [0.3, 0.4) is 0 Å². The van der Waals surface area contributed by atoms with Crippen LogP contribution in [-0.2, 0) is 9.47 Å². The molecule has 0 aliphatic carbocycles. The number of hydrogen-bond acceptors (Lipinski definition) is 4. The highest BCUT2D eigenvalue weighted by atomic mass is 127. The molecule has 3 unspecified atom stereocenters. The first kappa shape index (κ1) is 23.9. The maximum atomic E-state index is 5.74. The zero-order valence-corrected chi connectivity index (χ0v) is 19.2. The van der Waals surface area contributed by atoms with Crippen LogP contribution in [0, 0.1) is 5.92 Å². The van der Waals surface area contributed by atoms with Crippen molar-refractivity contribution >= 4 is 29.9 Å². The van der Waals surface area contributed by atoms with Gasteiger partial charge in [0.25, 0.3) is 0 Å². The molecule has 0 aromatic carbocycles. The second-order valence-electron chi connectivity index (χ2n) is 7.47. The lowest BCUT2D eigenvalue weighted by molar-refractivity contribution is 0.0887. The van der Waals surface area contributed by atoms with Crippen molar-refractivity contribution in [3.05, 3.63) is 0 Å². The molecule has 154 valence electrons. The number of ether oxygens (including phenoxy) is 2. The number of likely N-dealkylation sites (tertiary alicyclic amines) is 1. The zero-order valence-electron chi connectivity index (χ0n) is 16.8. The molecule has 0 aromatic heterocycles. The van der Waals surface area contributed by atoms with Crippen LogP contribution in [0.15, 0.2) is 4.99 Å². The van der Waals surface area contributed by atoms with Crippen molar-refractivity contribution in [3.63, 3.8) is 0 Å². The molecule has 2 rings (SSSR count). The predicted molar refractivity (Wildman–Crippen MR) is 119 cm³/mol. The van der Waals surface area contributed by atoms with Crippen molar-refractivity contribution in [1.82, 2.24) is 15.5 Å². The maximum Gasteiger partial charge on any atom is 0.191 e. The number of hydrogen-bond donors (Lipinski definition) is 2. The lowest BCUT2D eigenvalue weighted by atomic mass is 10.0. The molecule has 0 radical (unpaired) electrons. The molecule has 0 amide bonds. The Bertz CT molecular complexity index is 392. The van der Waals surface area contributed by atoms with Gasteiger partial charge in [0.15, 0.2) is 5.96 Å². The van der Waals surface area contributed by atoms with E-state index in [1.807, 2.05) is 7.05 Å². The molecule has 3 atom stereocenters. The number of rotatable bonds is 9. The lowest BCUT2D eigenvalue weighted by Crippen LogP contribution is -2.50. The van der Waals surface area contributed by atoms with Crippen LogP contribution in [0.1, 0.15) is 46.0 Å². The first-order chi connectivity index (χ1) is 12.2. The van der Waals surface area contributed by atoms with E-state index in [0.29, 0.717) is 18.0 Å². The normalized spacial score (nSPS) is 25.6. The zero-order chi connectivity index (χ0) is 17.9. The highest BCUT2D eigenvalue weighted by Crippen LogP contribution is 2.18. The van der Waals surface area contributed by atoms with Crippen molar-refractivity contribution in [2.45, 2.75) is 58.0 Å². The third kappa shape index (κ3) is 8.71. The quantitative estimate of drug-likeness (QED) is 0.229. The minimum atomic E-state index is 0. The average molecular weight is 482 g/mol. The second-order valence-corrected chi connectivity index (χ2v) is 7.47. The Hall–Kier alpha value is -0.120. The van der Waals surface area contributed by atoms with Crippen molar-refractivity contribution in [3.8, 4) is 0 Å². The van der Waals surface area contributed by atoms with E-state index in [1.165, 1.54) is 25.8 Å². The molecule has 7 heteroatoms. The molecule has 0 aromatic rings. The van der Waals surface area contributed by atoms with Crippen molar-refractivity contribution in [2.75, 3.05) is 53.1 Å². The second kappa shape index (κ2) is 14.0. The SMILES string of the molecule is CN=C(NCCCOCC1CCOC1)NCC(C)N1CCCCC1C.I. The minimum Gasteiger partial charge on any atom is -0.381 e. The highest BCUT2D eigenvalue weighted by Gasteiger charge is 2.22. The summed E-state index contributed by atoms with van der Waals surface area (Å²) < 4.78 is 11.1. The van der Waals surface area contributed by atoms with Gasteiger partial charge in [-0.25, -0.2) is 0 Å². The fourth-order valence-electron chi connectivity index (χ4n) is 3.70. The standard InChI is InChI=1S/C19H38N4O2.HI/c1-16-7-4-5-10-23(16)17(2)13-22-19(20-3)21-9-6-11-24-14-18-8-12-25-15-18;/h16-18H,4-15H2,1-3H3,(H2,20,21,22);1H. The smallest absolute Gasteiger partial charge is 0.191 e. The lowest BCUT2D eigenvalue weighted by Gasteiger charge is -2.38. The van der Waals surface area contributed by atoms with Crippen LogP contribution in [0.4, 0.5) is 0 Å². The van der Waals surface area contributed by atoms with Crippen LogP contribution in [0.2, 0.25) is 0 Å². The Morgan fingerprint density at radius 2 is 2.15 bits per heavy atom. The van der Waals surface area contributed by atoms with Crippen LogP contribution < -0.4 is 10.6 Å². The third-order valence-electron chi connectivity index (χ3n) is 5.34. The van der Waals surface area contributed by atoms with Gasteiger partial charge in [0.1, 0.15) is 0 Å². The summed E-state index contributed by atoms with van der Waals surface area (Å²) in [5.41, 5.74) is 0. The summed E-state index contributed by atoms with van der Waals surface area (Å²) in [6, 6.07) is 1.23. The predicted octanol–water partition coefficient (Wildman–Crippen LogP) is 2.48. The van der Waals surface area contributed by atoms with Gasteiger partial charge in [-0.3, -0.25) is 9.89 Å². The summed E-state index contributed by atoms with van der Waals surface area (Å²) >= 11 is 0. The van der Waals surface area contributed by atoms with Crippen LogP contribution in [-0.4, -0.2) is 76.1 Å². The van der Waals surface area contributed by atoms with Crippen LogP contribution in [0.5, 0.6) is 0 Å². The molecule has 0 spiro atoms. The van der Waals surface area contributed by atoms with Gasteiger partial charge in [0.2, 0.25) is 0 Å². The number of nitrogens with zero attached hydrogens (tertiary/aromatic N) is 2. The monoisotopic (exact) mass is 482 g/mol. The topological polar surface area (TPSA) is 58.1 Å². The Morgan fingerprint density at radius 3 is 2.85 bits per heavy atom. The fourth-order valence-corrected chi connectivity index (χ4v) is 3.70. The average Bonchev–Trinajstić information content (AvgIpc) is 3.14. The first-order valence-electron chi connectivity index (χ1n) is 10.1. The highest BCUT2D eigenvalue weighted by molar-refractivity contribution is 14.0. The fraction of sp³-hybridized carbons (Fsp3) is 0.947. The molecule has 2 saturated heterocycles. The van der Waals surface area contributed by atoms with Gasteiger partial charge >= 0.3 is 0 Å². The summed E-state index contributed by atoms with van der Waals surface area (Å²) in [5.74, 6) is 1.49. The van der Waals surface area contributed by atoms with Gasteiger partial charge in [-0.05, 0) is 46.1 Å². The number of guanidine groups is 1. The van der Waals surface area contributed by atoms with Crippen molar-refractivity contribution < 1.29 is 9.47 Å². The molecule has 0 saturated carbocycles. The van der Waals surface area contributed by atoms with E-state index in [9.17, 15) is 0 Å². The molecule has 2 aliphatic rings. The number of nitrogens with one attached hydrogen (secondary N) is 2. The van der Waals surface area contributed by atoms with Gasteiger partial charge in [-0.1, -0.05) is 6.42 Å². The summed E-state index contributed by atoms with van der Waals surface area (Å²) in [5, 5.41) is 6.85. The molecule has 0 bridgehead atoms. The summed E-state index contributed by atoms with van der Waals surface area (Å²) in [6.45, 7) is 11.1. The minimum absolute atomic E-state index is 0. The Kier molecular flexibility index (Phi) is 12.8. The van der Waals surface area contributed by atoms with E-state index in [1.54, 1.807) is 0 Å². The third-order valence-corrected chi connectivity index (χ3v) is 5.34. The van der Waals surface area contributed by atoms with E-state index < -0.39 is 0 Å².